The van der Waals surface area contributed by atoms with Gasteiger partial charge in [0.25, 0.3) is 5.91 Å². The molecule has 1 aliphatic heterocycles. The van der Waals surface area contributed by atoms with Gasteiger partial charge in [-0.3, -0.25) is 15.6 Å². The van der Waals surface area contributed by atoms with Gasteiger partial charge in [-0.05, 0) is 55.0 Å². The second kappa shape index (κ2) is 11.2. The van der Waals surface area contributed by atoms with Gasteiger partial charge in [-0.2, -0.15) is 0 Å². The van der Waals surface area contributed by atoms with Crippen LogP contribution >= 0.6 is 0 Å². The smallest absolute Gasteiger partial charge is 0.258 e. The summed E-state index contributed by atoms with van der Waals surface area (Å²) in [5.74, 6) is 2.42. The Kier molecular flexibility index (Phi) is 7.15. The number of hydrogen-bond acceptors (Lipinski definition) is 7. The van der Waals surface area contributed by atoms with Gasteiger partial charge in [-0.1, -0.05) is 54.6 Å². The second-order valence-corrected chi connectivity index (χ2v) is 10.0. The van der Waals surface area contributed by atoms with E-state index >= 15 is 0 Å². The van der Waals surface area contributed by atoms with E-state index in [1.807, 2.05) is 72.8 Å². The first-order chi connectivity index (χ1) is 18.7. The molecule has 38 heavy (non-hydrogen) atoms. The number of anilines is 1. The lowest BCUT2D eigenvalue weighted by atomic mass is 9.83. The first-order valence-electron chi connectivity index (χ1n) is 13.3. The summed E-state index contributed by atoms with van der Waals surface area (Å²) in [4.78, 5) is 22.3. The Labute approximate surface area is 222 Å². The molecular weight excluding hydrogens is 476 g/mol. The summed E-state index contributed by atoms with van der Waals surface area (Å²) < 4.78 is 5.96. The highest BCUT2D eigenvalue weighted by atomic mass is 16.5. The molecule has 8 heteroatoms. The number of nitrogens with zero attached hydrogens (tertiary/aromatic N) is 2. The zero-order valence-corrected chi connectivity index (χ0v) is 21.2. The highest BCUT2D eigenvalue weighted by molar-refractivity contribution is 5.91. The van der Waals surface area contributed by atoms with Gasteiger partial charge < -0.3 is 15.4 Å². The van der Waals surface area contributed by atoms with E-state index < -0.39 is 0 Å². The van der Waals surface area contributed by atoms with Crippen molar-refractivity contribution in [3.8, 4) is 17.1 Å². The monoisotopic (exact) mass is 508 g/mol. The van der Waals surface area contributed by atoms with Crippen molar-refractivity contribution in [1.82, 2.24) is 26.1 Å². The molecule has 6 rings (SSSR count). The number of amides is 1. The maximum absolute atomic E-state index is 12.5. The third-order valence-electron chi connectivity index (χ3n) is 7.40. The molecule has 1 saturated carbocycles. The number of carbonyl (C=O) groups excluding carboxylic acids is 1. The molecule has 4 N–H and O–H groups in total. The van der Waals surface area contributed by atoms with Crippen LogP contribution in [0.5, 0.6) is 5.75 Å². The fourth-order valence-corrected chi connectivity index (χ4v) is 5.40. The van der Waals surface area contributed by atoms with Gasteiger partial charge in [0, 0.05) is 30.6 Å². The van der Waals surface area contributed by atoms with Gasteiger partial charge in [0.15, 0.2) is 12.4 Å². The average Bonchev–Trinajstić information content (AvgIpc) is 3.44. The molecule has 1 saturated heterocycles. The van der Waals surface area contributed by atoms with E-state index in [1.165, 1.54) is 0 Å². The van der Waals surface area contributed by atoms with Crippen molar-refractivity contribution in [2.45, 2.75) is 37.9 Å². The van der Waals surface area contributed by atoms with E-state index in [0.717, 1.165) is 53.7 Å². The summed E-state index contributed by atoms with van der Waals surface area (Å²) in [6, 6.07) is 26.4. The molecule has 3 unspecified atom stereocenters. The van der Waals surface area contributed by atoms with Crippen molar-refractivity contribution in [1.29, 1.82) is 0 Å². The maximum Gasteiger partial charge on any atom is 0.258 e. The molecule has 0 spiro atoms. The molecule has 194 valence electrons. The minimum atomic E-state index is -0.183. The fraction of sp³-hybridized carbons (Fsp3) is 0.300. The van der Waals surface area contributed by atoms with Crippen LogP contribution in [-0.4, -0.2) is 41.1 Å². The molecule has 0 bridgehead atoms. The van der Waals surface area contributed by atoms with Gasteiger partial charge in [-0.25, -0.2) is 9.97 Å². The molecule has 1 aromatic heterocycles. The Morgan fingerprint density at radius 2 is 1.76 bits per heavy atom. The summed E-state index contributed by atoms with van der Waals surface area (Å²) in [5, 5.41) is 7.65. The Balaban J connectivity index is 1.21. The topological polar surface area (TPSA) is 100 Å². The van der Waals surface area contributed by atoms with E-state index in [-0.39, 0.29) is 12.5 Å². The number of nitrogens with one attached hydrogen (secondary N) is 4. The van der Waals surface area contributed by atoms with Crippen LogP contribution < -0.4 is 26.2 Å². The lowest BCUT2D eigenvalue weighted by molar-refractivity contribution is -0.123. The minimum absolute atomic E-state index is 0.0881. The third-order valence-corrected chi connectivity index (χ3v) is 7.40. The number of ether oxygens (including phenoxy) is 1. The van der Waals surface area contributed by atoms with Crippen molar-refractivity contribution in [3.63, 3.8) is 0 Å². The quantitative estimate of drug-likeness (QED) is 0.285. The highest BCUT2D eigenvalue weighted by Gasteiger charge is 2.34. The average molecular weight is 509 g/mol. The first kappa shape index (κ1) is 24.3. The van der Waals surface area contributed by atoms with Crippen LogP contribution in [0.3, 0.4) is 0 Å². The molecule has 1 aliphatic carbocycles. The van der Waals surface area contributed by atoms with Crippen molar-refractivity contribution in [2.24, 2.45) is 5.92 Å². The fourth-order valence-electron chi connectivity index (χ4n) is 5.40. The number of fused-ring (bicyclic) bond motifs is 2. The lowest BCUT2D eigenvalue weighted by Crippen LogP contribution is -2.39. The lowest BCUT2D eigenvalue weighted by Gasteiger charge is -2.31. The van der Waals surface area contributed by atoms with Gasteiger partial charge in [0.2, 0.25) is 0 Å². The van der Waals surface area contributed by atoms with Crippen LogP contribution in [0.2, 0.25) is 0 Å². The molecule has 2 aliphatic rings. The van der Waals surface area contributed by atoms with Crippen LogP contribution in [0.4, 0.5) is 5.82 Å². The van der Waals surface area contributed by atoms with E-state index in [9.17, 15) is 4.79 Å². The highest BCUT2D eigenvalue weighted by Crippen LogP contribution is 2.33. The molecule has 8 nitrogen and oxygen atoms in total. The van der Waals surface area contributed by atoms with Crippen LogP contribution in [-0.2, 0) is 11.3 Å². The first-order valence-corrected chi connectivity index (χ1v) is 13.3. The third kappa shape index (κ3) is 5.46. The van der Waals surface area contributed by atoms with E-state index in [4.69, 9.17) is 14.7 Å². The molecule has 3 aromatic carbocycles. The Morgan fingerprint density at radius 3 is 2.68 bits per heavy atom. The van der Waals surface area contributed by atoms with Crippen LogP contribution in [0.25, 0.3) is 22.3 Å². The minimum Gasteiger partial charge on any atom is -0.483 e. The van der Waals surface area contributed by atoms with Gasteiger partial charge in [0.1, 0.15) is 11.6 Å². The predicted octanol–water partition coefficient (Wildman–Crippen LogP) is 4.05. The number of aromatic nitrogens is 2. The zero-order chi connectivity index (χ0) is 25.7. The summed E-state index contributed by atoms with van der Waals surface area (Å²) in [6.07, 6.45) is 3.31. The maximum atomic E-state index is 12.5. The number of para-hydroxylation sites is 2. The predicted molar refractivity (Wildman–Crippen MR) is 148 cm³/mol. The number of benzene rings is 3. The summed E-state index contributed by atoms with van der Waals surface area (Å²) in [7, 11) is 0. The Morgan fingerprint density at radius 1 is 0.947 bits per heavy atom. The molecule has 3 atom stereocenters. The van der Waals surface area contributed by atoms with Crippen LogP contribution in [0.15, 0.2) is 78.9 Å². The van der Waals surface area contributed by atoms with Gasteiger partial charge in [-0.15, -0.1) is 0 Å². The van der Waals surface area contributed by atoms with Gasteiger partial charge in [0.05, 0.1) is 11.1 Å². The van der Waals surface area contributed by atoms with Crippen molar-refractivity contribution in [2.75, 3.05) is 18.5 Å². The number of hydrogen-bond donors (Lipinski definition) is 4. The van der Waals surface area contributed by atoms with Crippen molar-refractivity contribution in [3.05, 3.63) is 84.4 Å². The summed E-state index contributed by atoms with van der Waals surface area (Å²) in [5.41, 5.74) is 9.37. The standard InChI is InChI=1S/C30H32N6O2/c37-28(31-17-20-8-2-1-3-9-20)19-38-27-13-7-5-11-24(27)30-34-26-12-6-4-10-23(26)29(35-30)33-22-14-15-25-21(16-22)18-32-36-25/h1-13,21-22,25,32,36H,14-19H2,(H,31,37)(H,33,34,35). The second-order valence-electron chi connectivity index (χ2n) is 10.0. The van der Waals surface area contributed by atoms with Crippen LogP contribution in [0.1, 0.15) is 24.8 Å². The number of hydrazine groups is 1. The Hall–Kier alpha value is -4.01. The molecule has 0 radical (unpaired) electrons. The number of carbonyl (C=O) groups is 1. The number of rotatable bonds is 8. The molecule has 2 fully saturated rings. The van der Waals surface area contributed by atoms with Crippen LogP contribution in [0, 0.1) is 5.92 Å². The molecule has 4 aromatic rings. The van der Waals surface area contributed by atoms with Gasteiger partial charge >= 0.3 is 0 Å². The Bertz CT molecular complexity index is 1410. The SMILES string of the molecule is O=C(COc1ccccc1-c1nc(NC2CCC3NNCC3C2)c2ccccc2n1)NCc1ccccc1. The molecule has 1 amide bonds. The normalized spacial score (nSPS) is 20.6. The van der Waals surface area contributed by atoms with Crippen molar-refractivity contribution >= 4 is 22.6 Å². The largest absolute Gasteiger partial charge is 0.483 e. The van der Waals surface area contributed by atoms with E-state index in [2.05, 4.69) is 27.6 Å². The summed E-state index contributed by atoms with van der Waals surface area (Å²) >= 11 is 0. The molecular formula is C30H32N6O2. The van der Waals surface area contributed by atoms with E-state index in [1.54, 1.807) is 0 Å². The van der Waals surface area contributed by atoms with E-state index in [0.29, 0.717) is 36.1 Å². The zero-order valence-electron chi connectivity index (χ0n) is 21.2. The molecule has 2 heterocycles. The van der Waals surface area contributed by atoms with Crippen molar-refractivity contribution < 1.29 is 9.53 Å². The summed E-state index contributed by atoms with van der Waals surface area (Å²) in [6.45, 7) is 1.37.